The third kappa shape index (κ3) is 4.15. The fraction of sp³-hybridized carbons (Fsp3) is 0.400. The lowest BCUT2D eigenvalue weighted by Gasteiger charge is -2.33. The fourth-order valence-electron chi connectivity index (χ4n) is 3.76. The highest BCUT2D eigenvalue weighted by Crippen LogP contribution is 2.21. The van der Waals surface area contributed by atoms with Crippen molar-refractivity contribution in [1.82, 2.24) is 29.4 Å². The van der Waals surface area contributed by atoms with Crippen molar-refractivity contribution in [1.29, 1.82) is 0 Å². The average molecular weight is 442 g/mol. The summed E-state index contributed by atoms with van der Waals surface area (Å²) in [5.41, 5.74) is 6.73. The molecule has 4 N–H and O–H groups in total. The molecule has 1 saturated heterocycles. The number of alkyl halides is 1. The molecule has 1 aliphatic rings. The Morgan fingerprint density at radius 2 is 2.03 bits per heavy atom. The molecule has 4 rings (SSSR count). The van der Waals surface area contributed by atoms with Crippen LogP contribution in [0.2, 0.25) is 0 Å². The molecule has 3 aromatic rings. The minimum atomic E-state index is -1.29. The van der Waals surface area contributed by atoms with Crippen molar-refractivity contribution in [2.45, 2.75) is 38.5 Å². The van der Waals surface area contributed by atoms with Gasteiger partial charge in [-0.05, 0) is 26.0 Å². The summed E-state index contributed by atoms with van der Waals surface area (Å²) in [5, 5.41) is 12.2. The van der Waals surface area contributed by atoms with E-state index in [2.05, 4.69) is 25.3 Å². The smallest absolute Gasteiger partial charge is 0.407 e. The molecule has 0 saturated carbocycles. The predicted molar refractivity (Wildman–Crippen MR) is 116 cm³/mol. The van der Waals surface area contributed by atoms with Crippen LogP contribution in [0.4, 0.5) is 21.0 Å². The topological polar surface area (TPSA) is 152 Å². The van der Waals surface area contributed by atoms with Crippen molar-refractivity contribution in [2.24, 2.45) is 0 Å². The van der Waals surface area contributed by atoms with Gasteiger partial charge in [0.15, 0.2) is 5.65 Å². The SMILES string of the molecule is CC(C)n1c(=O)c(-c2ccc(N)nc2)nc2cnc(N[C@H]3C[C@H](F)CN(C(=O)O)C3)nc21. The summed E-state index contributed by atoms with van der Waals surface area (Å²) in [6.07, 6.45) is 0.619. The van der Waals surface area contributed by atoms with Gasteiger partial charge in [0.05, 0.1) is 12.7 Å². The summed E-state index contributed by atoms with van der Waals surface area (Å²) >= 11 is 0. The van der Waals surface area contributed by atoms with E-state index in [1.165, 1.54) is 17.0 Å². The summed E-state index contributed by atoms with van der Waals surface area (Å²) in [6, 6.07) is 2.53. The Morgan fingerprint density at radius 3 is 2.69 bits per heavy atom. The zero-order chi connectivity index (χ0) is 23.0. The lowest BCUT2D eigenvalue weighted by molar-refractivity contribution is 0.102. The largest absolute Gasteiger partial charge is 0.465 e. The Labute approximate surface area is 182 Å². The molecular formula is C20H23FN8O3. The van der Waals surface area contributed by atoms with Crippen molar-refractivity contribution in [2.75, 3.05) is 24.1 Å². The van der Waals surface area contributed by atoms with Gasteiger partial charge in [0, 0.05) is 36.8 Å². The fourth-order valence-corrected chi connectivity index (χ4v) is 3.76. The predicted octanol–water partition coefficient (Wildman–Crippen LogP) is 1.91. The first-order valence-corrected chi connectivity index (χ1v) is 10.1. The van der Waals surface area contributed by atoms with Gasteiger partial charge < -0.3 is 21.1 Å². The van der Waals surface area contributed by atoms with E-state index in [4.69, 9.17) is 5.73 Å². The van der Waals surface area contributed by atoms with Crippen molar-refractivity contribution in [3.8, 4) is 11.3 Å². The maximum Gasteiger partial charge on any atom is 0.407 e. The Kier molecular flexibility index (Phi) is 5.59. The number of nitrogen functional groups attached to an aromatic ring is 1. The van der Waals surface area contributed by atoms with Gasteiger partial charge in [-0.3, -0.25) is 9.36 Å². The third-order valence-electron chi connectivity index (χ3n) is 5.21. The van der Waals surface area contributed by atoms with E-state index in [9.17, 15) is 19.1 Å². The number of nitrogens with zero attached hydrogens (tertiary/aromatic N) is 6. The number of likely N-dealkylation sites (tertiary alicyclic amines) is 1. The number of nitrogens with one attached hydrogen (secondary N) is 1. The number of carboxylic acid groups (broad SMARTS) is 1. The number of halogens is 1. The standard InChI is InChI=1S/C20H23FN8O3/c1-10(2)29-17-14(26-16(18(29)30)11-3-4-15(22)23-6-11)7-24-19(27-17)25-13-5-12(21)8-28(9-13)20(31)32/h3-4,6-7,10,12-13H,5,8-9H2,1-2H3,(H2,22,23)(H,31,32)(H,24,25,27)/t12-,13-/m0/s1. The molecule has 0 radical (unpaired) electrons. The second-order valence-electron chi connectivity index (χ2n) is 7.97. The first-order valence-electron chi connectivity index (χ1n) is 10.1. The van der Waals surface area contributed by atoms with Crippen molar-refractivity contribution < 1.29 is 14.3 Å². The first kappa shape index (κ1) is 21.4. The van der Waals surface area contributed by atoms with Gasteiger partial charge in [0.25, 0.3) is 5.56 Å². The minimum Gasteiger partial charge on any atom is -0.465 e. The molecule has 168 valence electrons. The van der Waals surface area contributed by atoms with E-state index in [1.807, 2.05) is 13.8 Å². The summed E-state index contributed by atoms with van der Waals surface area (Å²) in [6.45, 7) is 3.64. The minimum absolute atomic E-state index is 0.107. The zero-order valence-electron chi connectivity index (χ0n) is 17.6. The van der Waals surface area contributed by atoms with Gasteiger partial charge in [-0.1, -0.05) is 0 Å². The Balaban J connectivity index is 1.73. The lowest BCUT2D eigenvalue weighted by Crippen LogP contribution is -2.49. The molecule has 0 aliphatic carbocycles. The van der Waals surface area contributed by atoms with E-state index >= 15 is 0 Å². The van der Waals surface area contributed by atoms with E-state index in [0.29, 0.717) is 22.5 Å². The Bertz CT molecular complexity index is 1210. The number of carbonyl (C=O) groups is 1. The number of aromatic nitrogens is 5. The summed E-state index contributed by atoms with van der Waals surface area (Å²) in [5.74, 6) is 0.497. The van der Waals surface area contributed by atoms with Gasteiger partial charge in [-0.25, -0.2) is 24.1 Å². The van der Waals surface area contributed by atoms with Crippen molar-refractivity contribution in [3.63, 3.8) is 0 Å². The number of hydrogen-bond acceptors (Lipinski definition) is 8. The maximum absolute atomic E-state index is 14.0. The second-order valence-corrected chi connectivity index (χ2v) is 7.97. The number of hydrogen-bond donors (Lipinski definition) is 3. The molecular weight excluding hydrogens is 419 g/mol. The van der Waals surface area contributed by atoms with E-state index in [0.717, 1.165) is 4.90 Å². The molecule has 0 spiro atoms. The van der Waals surface area contributed by atoms with Crippen LogP contribution in [0, 0.1) is 0 Å². The molecule has 11 nitrogen and oxygen atoms in total. The highest BCUT2D eigenvalue weighted by Gasteiger charge is 2.30. The molecule has 12 heteroatoms. The average Bonchev–Trinajstić information content (AvgIpc) is 2.73. The molecule has 4 heterocycles. The first-order chi connectivity index (χ1) is 15.2. The molecule has 1 amide bonds. The molecule has 2 atom stereocenters. The van der Waals surface area contributed by atoms with Crippen LogP contribution in [-0.2, 0) is 0 Å². The van der Waals surface area contributed by atoms with Gasteiger partial charge in [0.1, 0.15) is 23.2 Å². The van der Waals surface area contributed by atoms with E-state index in [-0.39, 0.29) is 42.8 Å². The lowest BCUT2D eigenvalue weighted by atomic mass is 10.0. The molecule has 3 aromatic heterocycles. The molecule has 1 aliphatic heterocycles. The molecule has 0 unspecified atom stereocenters. The number of anilines is 2. The number of fused-ring (bicyclic) bond motifs is 1. The van der Waals surface area contributed by atoms with Crippen LogP contribution < -0.4 is 16.6 Å². The van der Waals surface area contributed by atoms with Gasteiger partial charge in [0.2, 0.25) is 5.95 Å². The summed E-state index contributed by atoms with van der Waals surface area (Å²) in [4.78, 5) is 42.6. The van der Waals surface area contributed by atoms with E-state index < -0.39 is 18.3 Å². The second kappa shape index (κ2) is 8.36. The molecule has 1 fully saturated rings. The highest BCUT2D eigenvalue weighted by molar-refractivity contribution is 5.75. The quantitative estimate of drug-likeness (QED) is 0.550. The van der Waals surface area contributed by atoms with Crippen LogP contribution in [0.5, 0.6) is 0 Å². The van der Waals surface area contributed by atoms with Gasteiger partial charge >= 0.3 is 6.09 Å². The number of pyridine rings is 1. The number of rotatable bonds is 4. The monoisotopic (exact) mass is 442 g/mol. The molecule has 0 bridgehead atoms. The van der Waals surface area contributed by atoms with E-state index in [1.54, 1.807) is 12.1 Å². The summed E-state index contributed by atoms with van der Waals surface area (Å²) < 4.78 is 15.5. The van der Waals surface area contributed by atoms with Gasteiger partial charge in [-0.15, -0.1) is 0 Å². The number of nitrogens with two attached hydrogens (primary N) is 1. The van der Waals surface area contributed by atoms with Crippen molar-refractivity contribution in [3.05, 3.63) is 34.9 Å². The maximum atomic E-state index is 14.0. The molecule has 0 aromatic carbocycles. The highest BCUT2D eigenvalue weighted by atomic mass is 19.1. The van der Waals surface area contributed by atoms with Gasteiger partial charge in [-0.2, -0.15) is 4.98 Å². The third-order valence-corrected chi connectivity index (χ3v) is 5.21. The normalized spacial score (nSPS) is 18.8. The molecule has 32 heavy (non-hydrogen) atoms. The van der Waals surface area contributed by atoms with Crippen molar-refractivity contribution >= 4 is 29.0 Å². The van der Waals surface area contributed by atoms with Crippen LogP contribution in [0.25, 0.3) is 22.4 Å². The number of piperidine rings is 1. The van der Waals surface area contributed by atoms with Crippen LogP contribution in [-0.4, -0.2) is 65.9 Å². The summed E-state index contributed by atoms with van der Waals surface area (Å²) in [7, 11) is 0. The van der Waals surface area contributed by atoms with Crippen LogP contribution >= 0.6 is 0 Å². The Morgan fingerprint density at radius 1 is 1.25 bits per heavy atom. The number of amides is 1. The zero-order valence-corrected chi connectivity index (χ0v) is 17.6. The van der Waals surface area contributed by atoms with Crippen LogP contribution in [0.15, 0.2) is 29.3 Å². The Hall–Kier alpha value is -3.83. The van der Waals surface area contributed by atoms with Crippen LogP contribution in [0.1, 0.15) is 26.3 Å². The van der Waals surface area contributed by atoms with Crippen LogP contribution in [0.3, 0.4) is 0 Å².